The van der Waals surface area contributed by atoms with Gasteiger partial charge in [0.2, 0.25) is 5.91 Å². The number of nitrogens with zero attached hydrogens (tertiary/aromatic N) is 1. The molecule has 0 radical (unpaired) electrons. The van der Waals surface area contributed by atoms with E-state index >= 15 is 0 Å². The van der Waals surface area contributed by atoms with Crippen LogP contribution in [-0.4, -0.2) is 11.8 Å². The molecule has 0 aliphatic heterocycles. The highest BCUT2D eigenvalue weighted by Crippen LogP contribution is 2.06. The highest BCUT2D eigenvalue weighted by Gasteiger charge is 2.14. The van der Waals surface area contributed by atoms with Gasteiger partial charge in [0.05, 0.1) is 12.0 Å². The zero-order valence-corrected chi connectivity index (χ0v) is 9.64. The third-order valence-electron chi connectivity index (χ3n) is 2.40. The molecule has 0 fully saturated rings. The predicted octanol–water partition coefficient (Wildman–Crippen LogP) is 1.88. The van der Waals surface area contributed by atoms with Crippen LogP contribution < -0.4 is 5.32 Å². The number of amides is 2. The predicted molar refractivity (Wildman–Crippen MR) is 62.9 cm³/mol. The Bertz CT molecular complexity index is 434. The Morgan fingerprint density at radius 1 is 1.35 bits per heavy atom. The molecule has 0 aliphatic rings. The summed E-state index contributed by atoms with van der Waals surface area (Å²) in [6.45, 7) is 1.83. The Morgan fingerprint density at radius 3 is 2.53 bits per heavy atom. The van der Waals surface area contributed by atoms with Crippen molar-refractivity contribution in [1.29, 1.82) is 5.26 Å². The largest absolute Gasteiger partial charge is 0.292 e. The van der Waals surface area contributed by atoms with E-state index in [4.69, 9.17) is 5.26 Å². The van der Waals surface area contributed by atoms with Gasteiger partial charge in [0.25, 0.3) is 5.91 Å². The number of carbonyl (C=O) groups is 2. The van der Waals surface area contributed by atoms with Crippen molar-refractivity contribution in [2.24, 2.45) is 5.92 Å². The van der Waals surface area contributed by atoms with Gasteiger partial charge in [-0.15, -0.1) is 0 Å². The quantitative estimate of drug-likeness (QED) is 0.858. The van der Waals surface area contributed by atoms with Crippen LogP contribution in [0.5, 0.6) is 0 Å². The minimum Gasteiger partial charge on any atom is -0.292 e. The molecular weight excluding hydrogens is 216 g/mol. The number of hydrogen-bond donors (Lipinski definition) is 1. The van der Waals surface area contributed by atoms with Crippen molar-refractivity contribution >= 4 is 11.8 Å². The molecule has 0 bridgehead atoms. The van der Waals surface area contributed by atoms with Crippen LogP contribution in [0.25, 0.3) is 0 Å². The molecule has 0 saturated carbocycles. The molecule has 2 amide bonds. The molecule has 0 aliphatic carbocycles. The van der Waals surface area contributed by atoms with Gasteiger partial charge in [-0.1, -0.05) is 25.1 Å². The summed E-state index contributed by atoms with van der Waals surface area (Å²) in [6, 6.07) is 10.5. The zero-order chi connectivity index (χ0) is 12.7. The van der Waals surface area contributed by atoms with Crippen molar-refractivity contribution in [3.63, 3.8) is 0 Å². The first kappa shape index (κ1) is 12.9. The minimum absolute atomic E-state index is 0.0611. The Hall–Kier alpha value is -2.15. The van der Waals surface area contributed by atoms with E-state index in [9.17, 15) is 9.59 Å². The summed E-state index contributed by atoms with van der Waals surface area (Å²) in [6.07, 6.45) is 0.662. The first-order valence-electron chi connectivity index (χ1n) is 5.46. The molecule has 4 heteroatoms. The second-order valence-electron chi connectivity index (χ2n) is 3.68. The number of imide groups is 1. The summed E-state index contributed by atoms with van der Waals surface area (Å²) in [5, 5.41) is 11.0. The van der Waals surface area contributed by atoms with Crippen LogP contribution in [-0.2, 0) is 4.79 Å². The topological polar surface area (TPSA) is 70.0 Å². The molecule has 0 unspecified atom stereocenters. The van der Waals surface area contributed by atoms with Gasteiger partial charge in [-0.3, -0.25) is 14.9 Å². The molecule has 0 aromatic heterocycles. The van der Waals surface area contributed by atoms with Crippen molar-refractivity contribution in [2.45, 2.75) is 19.8 Å². The van der Waals surface area contributed by atoms with E-state index in [-0.39, 0.29) is 12.3 Å². The van der Waals surface area contributed by atoms with Crippen LogP contribution in [0.15, 0.2) is 30.3 Å². The molecule has 1 N–H and O–H groups in total. The maximum Gasteiger partial charge on any atom is 0.257 e. The van der Waals surface area contributed by atoms with Crippen LogP contribution in [0.3, 0.4) is 0 Å². The lowest BCUT2D eigenvalue weighted by molar-refractivity contribution is -0.120. The summed E-state index contributed by atoms with van der Waals surface area (Å²) in [7, 11) is 0. The maximum absolute atomic E-state index is 11.6. The Balaban J connectivity index is 2.53. The number of hydrogen-bond acceptors (Lipinski definition) is 3. The van der Waals surface area contributed by atoms with Crippen molar-refractivity contribution in [2.75, 3.05) is 0 Å². The molecule has 1 atom stereocenters. The molecule has 17 heavy (non-hydrogen) atoms. The fourth-order valence-corrected chi connectivity index (χ4v) is 1.34. The molecule has 88 valence electrons. The fourth-order valence-electron chi connectivity index (χ4n) is 1.34. The lowest BCUT2D eigenvalue weighted by Gasteiger charge is -2.06. The normalized spacial score (nSPS) is 11.3. The Labute approximate surface area is 100 Å². The monoisotopic (exact) mass is 230 g/mol. The van der Waals surface area contributed by atoms with E-state index in [1.54, 1.807) is 30.3 Å². The van der Waals surface area contributed by atoms with Gasteiger partial charge < -0.3 is 0 Å². The number of rotatable bonds is 4. The SMILES string of the molecule is CC[C@@H](C#N)CC(=O)NC(=O)c1ccccc1. The molecule has 1 aromatic carbocycles. The van der Waals surface area contributed by atoms with Crippen LogP contribution in [0.4, 0.5) is 0 Å². The second-order valence-corrected chi connectivity index (χ2v) is 3.68. The maximum atomic E-state index is 11.6. The molecule has 1 rings (SSSR count). The molecule has 0 saturated heterocycles. The summed E-state index contributed by atoms with van der Waals surface area (Å²) < 4.78 is 0. The van der Waals surface area contributed by atoms with E-state index in [1.807, 2.05) is 13.0 Å². The average Bonchev–Trinajstić information content (AvgIpc) is 2.37. The Kier molecular flexibility index (Phi) is 4.89. The second kappa shape index (κ2) is 6.44. The number of nitriles is 1. The van der Waals surface area contributed by atoms with Gasteiger partial charge in [0, 0.05) is 12.0 Å². The lowest BCUT2D eigenvalue weighted by atomic mass is 10.0. The minimum atomic E-state index is -0.427. The van der Waals surface area contributed by atoms with Crippen LogP contribution in [0.2, 0.25) is 0 Å². The molecule has 0 spiro atoms. The van der Waals surface area contributed by atoms with Gasteiger partial charge in [-0.05, 0) is 18.6 Å². The van der Waals surface area contributed by atoms with E-state index in [0.717, 1.165) is 0 Å². The van der Waals surface area contributed by atoms with Crippen molar-refractivity contribution in [1.82, 2.24) is 5.32 Å². The van der Waals surface area contributed by atoms with E-state index in [2.05, 4.69) is 5.32 Å². The van der Waals surface area contributed by atoms with Gasteiger partial charge >= 0.3 is 0 Å². The van der Waals surface area contributed by atoms with Gasteiger partial charge in [0.15, 0.2) is 0 Å². The van der Waals surface area contributed by atoms with Crippen LogP contribution in [0.1, 0.15) is 30.1 Å². The summed E-state index contributed by atoms with van der Waals surface area (Å²) in [4.78, 5) is 23.1. The first-order valence-corrected chi connectivity index (χ1v) is 5.46. The van der Waals surface area contributed by atoms with Crippen molar-refractivity contribution < 1.29 is 9.59 Å². The van der Waals surface area contributed by atoms with Crippen molar-refractivity contribution in [3.05, 3.63) is 35.9 Å². The summed E-state index contributed by atoms with van der Waals surface area (Å²) >= 11 is 0. The number of nitrogens with one attached hydrogen (secondary N) is 1. The van der Waals surface area contributed by atoms with Gasteiger partial charge in [-0.2, -0.15) is 5.26 Å². The third-order valence-corrected chi connectivity index (χ3v) is 2.40. The fraction of sp³-hybridized carbons (Fsp3) is 0.308. The van der Waals surface area contributed by atoms with E-state index < -0.39 is 11.8 Å². The average molecular weight is 230 g/mol. The highest BCUT2D eigenvalue weighted by molar-refractivity contribution is 6.04. The standard InChI is InChI=1S/C13H14N2O2/c1-2-10(9-14)8-12(16)15-13(17)11-6-4-3-5-7-11/h3-7,10H,2,8H2,1H3,(H,15,16,17)/t10-/m1/s1. The van der Waals surface area contributed by atoms with Gasteiger partial charge in [-0.25, -0.2) is 0 Å². The van der Waals surface area contributed by atoms with E-state index in [1.165, 1.54) is 0 Å². The smallest absolute Gasteiger partial charge is 0.257 e. The Morgan fingerprint density at radius 2 is 2.00 bits per heavy atom. The highest BCUT2D eigenvalue weighted by atomic mass is 16.2. The molecule has 1 aromatic rings. The van der Waals surface area contributed by atoms with Crippen LogP contribution >= 0.6 is 0 Å². The first-order chi connectivity index (χ1) is 8.17. The van der Waals surface area contributed by atoms with Crippen LogP contribution in [0, 0.1) is 17.2 Å². The number of benzene rings is 1. The van der Waals surface area contributed by atoms with E-state index in [0.29, 0.717) is 12.0 Å². The molecular formula is C13H14N2O2. The molecule has 0 heterocycles. The number of carbonyl (C=O) groups excluding carboxylic acids is 2. The lowest BCUT2D eigenvalue weighted by Crippen LogP contribution is -2.31. The zero-order valence-electron chi connectivity index (χ0n) is 9.64. The van der Waals surface area contributed by atoms with Gasteiger partial charge in [0.1, 0.15) is 0 Å². The summed E-state index contributed by atoms with van der Waals surface area (Å²) in [5.74, 6) is -1.17. The van der Waals surface area contributed by atoms with Crippen molar-refractivity contribution in [3.8, 4) is 6.07 Å². The summed E-state index contributed by atoms with van der Waals surface area (Å²) in [5.41, 5.74) is 0.436. The molecule has 4 nitrogen and oxygen atoms in total. The third kappa shape index (κ3) is 4.07.